The normalized spacial score (nSPS) is 13.3. The molecule has 0 radical (unpaired) electrons. The fraction of sp³-hybridized carbons (Fsp3) is 0.250. The number of halogens is 1. The highest BCUT2D eigenvalue weighted by Crippen LogP contribution is 2.32. The van der Waals surface area contributed by atoms with Crippen LogP contribution in [0.4, 0.5) is 4.39 Å². The van der Waals surface area contributed by atoms with E-state index in [-0.39, 0.29) is 18.5 Å². The molecule has 1 unspecified atom stereocenters. The zero-order chi connectivity index (χ0) is 20.1. The molecule has 1 heterocycles. The molecule has 0 aliphatic carbocycles. The highest BCUT2D eigenvalue weighted by atomic mass is 19.1. The first-order valence-electron chi connectivity index (χ1n) is 9.71. The number of hydrogen-bond acceptors (Lipinski definition) is 4. The smallest absolute Gasteiger partial charge is 0.231 e. The fourth-order valence-electron chi connectivity index (χ4n) is 3.59. The van der Waals surface area contributed by atoms with E-state index in [1.807, 2.05) is 42.5 Å². The van der Waals surface area contributed by atoms with Gasteiger partial charge in [0.25, 0.3) is 0 Å². The van der Waals surface area contributed by atoms with E-state index in [2.05, 4.69) is 17.4 Å². The predicted molar refractivity (Wildman–Crippen MR) is 110 cm³/mol. The molecule has 3 aromatic rings. The van der Waals surface area contributed by atoms with E-state index in [0.717, 1.165) is 47.9 Å². The van der Waals surface area contributed by atoms with Gasteiger partial charge in [-0.15, -0.1) is 0 Å². The first kappa shape index (κ1) is 19.3. The predicted octanol–water partition coefficient (Wildman–Crippen LogP) is 4.87. The lowest BCUT2D eigenvalue weighted by molar-refractivity contribution is 0.174. The highest BCUT2D eigenvalue weighted by molar-refractivity contribution is 5.44. The van der Waals surface area contributed by atoms with E-state index < -0.39 is 0 Å². The molecule has 4 rings (SSSR count). The highest BCUT2D eigenvalue weighted by Gasteiger charge is 2.15. The SMILES string of the molecule is COc1ccc(C(CCNCc2ccc3c(c2)OCO3)c2ccc(F)cc2)cc1. The molecule has 0 bridgehead atoms. The molecule has 4 nitrogen and oxygen atoms in total. The number of ether oxygens (including phenoxy) is 3. The number of nitrogens with one attached hydrogen (secondary N) is 1. The number of hydrogen-bond donors (Lipinski definition) is 1. The third-order valence-corrected chi connectivity index (χ3v) is 5.17. The topological polar surface area (TPSA) is 39.7 Å². The summed E-state index contributed by atoms with van der Waals surface area (Å²) in [5, 5.41) is 3.50. The van der Waals surface area contributed by atoms with Crippen molar-refractivity contribution < 1.29 is 18.6 Å². The van der Waals surface area contributed by atoms with E-state index in [9.17, 15) is 4.39 Å². The Bertz CT molecular complexity index is 941. The van der Waals surface area contributed by atoms with Crippen LogP contribution in [-0.2, 0) is 6.54 Å². The third-order valence-electron chi connectivity index (χ3n) is 5.17. The lowest BCUT2D eigenvalue weighted by atomic mass is 9.88. The average Bonchev–Trinajstić information content (AvgIpc) is 3.23. The van der Waals surface area contributed by atoms with Gasteiger partial charge < -0.3 is 19.5 Å². The van der Waals surface area contributed by atoms with Crippen molar-refractivity contribution >= 4 is 0 Å². The standard InChI is InChI=1S/C24H24FNO3/c1-27-21-9-5-19(6-10-21)22(18-3-7-20(25)8-4-18)12-13-26-15-17-2-11-23-24(14-17)29-16-28-23/h2-11,14,22,26H,12-13,15-16H2,1H3. The Hall–Kier alpha value is -3.05. The van der Waals surface area contributed by atoms with Gasteiger partial charge >= 0.3 is 0 Å². The van der Waals surface area contributed by atoms with Crippen LogP contribution >= 0.6 is 0 Å². The number of methoxy groups -OCH3 is 1. The van der Waals surface area contributed by atoms with Crippen molar-refractivity contribution in [3.8, 4) is 17.2 Å². The summed E-state index contributed by atoms with van der Waals surface area (Å²) in [6.45, 7) is 1.85. The molecule has 0 amide bonds. The maximum absolute atomic E-state index is 13.4. The van der Waals surface area contributed by atoms with Gasteiger partial charge in [-0.25, -0.2) is 4.39 Å². The summed E-state index contributed by atoms with van der Waals surface area (Å²) in [5.41, 5.74) is 3.43. The molecule has 0 saturated heterocycles. The first-order chi connectivity index (χ1) is 14.2. The molecule has 1 N–H and O–H groups in total. The van der Waals surface area contributed by atoms with E-state index in [4.69, 9.17) is 14.2 Å². The lowest BCUT2D eigenvalue weighted by Gasteiger charge is -2.19. The molecular formula is C24H24FNO3. The van der Waals surface area contributed by atoms with Crippen LogP contribution in [0.1, 0.15) is 29.0 Å². The largest absolute Gasteiger partial charge is 0.497 e. The summed E-state index contributed by atoms with van der Waals surface area (Å²) in [7, 11) is 1.66. The van der Waals surface area contributed by atoms with Gasteiger partial charge in [-0.05, 0) is 66.1 Å². The zero-order valence-electron chi connectivity index (χ0n) is 16.4. The third kappa shape index (κ3) is 4.69. The Morgan fingerprint density at radius 1 is 0.931 bits per heavy atom. The minimum Gasteiger partial charge on any atom is -0.497 e. The van der Waals surface area contributed by atoms with Crippen LogP contribution in [0.15, 0.2) is 66.7 Å². The van der Waals surface area contributed by atoms with Crippen molar-refractivity contribution in [1.29, 1.82) is 0 Å². The monoisotopic (exact) mass is 393 g/mol. The van der Waals surface area contributed by atoms with Crippen molar-refractivity contribution in [2.24, 2.45) is 0 Å². The maximum atomic E-state index is 13.4. The molecule has 0 saturated carbocycles. The van der Waals surface area contributed by atoms with Crippen molar-refractivity contribution in [2.75, 3.05) is 20.4 Å². The van der Waals surface area contributed by atoms with Gasteiger partial charge in [-0.3, -0.25) is 0 Å². The summed E-state index contributed by atoms with van der Waals surface area (Å²) in [5.74, 6) is 2.37. The molecule has 29 heavy (non-hydrogen) atoms. The van der Waals surface area contributed by atoms with Crippen molar-refractivity contribution in [1.82, 2.24) is 5.32 Å². The summed E-state index contributed by atoms with van der Waals surface area (Å²) < 4.78 is 29.5. The molecule has 0 spiro atoms. The molecule has 0 aromatic heterocycles. The first-order valence-corrected chi connectivity index (χ1v) is 9.71. The van der Waals surface area contributed by atoms with Crippen LogP contribution in [0.2, 0.25) is 0 Å². The number of rotatable bonds is 8. The van der Waals surface area contributed by atoms with Crippen LogP contribution in [0.5, 0.6) is 17.2 Å². The minimum atomic E-state index is -0.219. The summed E-state index contributed by atoms with van der Waals surface area (Å²) in [6, 6.07) is 20.8. The van der Waals surface area contributed by atoms with Crippen molar-refractivity contribution in [3.05, 3.63) is 89.2 Å². The fourth-order valence-corrected chi connectivity index (χ4v) is 3.59. The van der Waals surface area contributed by atoms with Gasteiger partial charge in [0.15, 0.2) is 11.5 Å². The lowest BCUT2D eigenvalue weighted by Crippen LogP contribution is -2.18. The Kier molecular flexibility index (Phi) is 5.96. The second-order valence-corrected chi connectivity index (χ2v) is 7.03. The Morgan fingerprint density at radius 3 is 2.34 bits per heavy atom. The minimum absolute atomic E-state index is 0.172. The van der Waals surface area contributed by atoms with Gasteiger partial charge in [0.05, 0.1) is 7.11 Å². The Morgan fingerprint density at radius 2 is 1.62 bits per heavy atom. The van der Waals surface area contributed by atoms with Gasteiger partial charge in [-0.2, -0.15) is 0 Å². The van der Waals surface area contributed by atoms with E-state index in [1.165, 1.54) is 17.7 Å². The second kappa shape index (κ2) is 8.97. The molecular weight excluding hydrogens is 369 g/mol. The molecule has 3 aromatic carbocycles. The van der Waals surface area contributed by atoms with Gasteiger partial charge in [0.2, 0.25) is 6.79 Å². The summed E-state index contributed by atoms with van der Waals surface area (Å²) in [4.78, 5) is 0. The van der Waals surface area contributed by atoms with Crippen molar-refractivity contribution in [3.63, 3.8) is 0 Å². The second-order valence-electron chi connectivity index (χ2n) is 7.03. The molecule has 1 aliphatic rings. The molecule has 5 heteroatoms. The number of fused-ring (bicyclic) bond motifs is 1. The van der Waals surface area contributed by atoms with Gasteiger partial charge in [-0.1, -0.05) is 30.3 Å². The van der Waals surface area contributed by atoms with E-state index in [0.29, 0.717) is 0 Å². The quantitative estimate of drug-likeness (QED) is 0.554. The van der Waals surface area contributed by atoms with E-state index in [1.54, 1.807) is 7.11 Å². The number of benzene rings is 3. The summed E-state index contributed by atoms with van der Waals surface area (Å²) >= 11 is 0. The van der Waals surface area contributed by atoms with Crippen molar-refractivity contribution in [2.45, 2.75) is 18.9 Å². The zero-order valence-corrected chi connectivity index (χ0v) is 16.4. The maximum Gasteiger partial charge on any atom is 0.231 e. The molecule has 1 aliphatic heterocycles. The Labute approximate surface area is 170 Å². The molecule has 150 valence electrons. The van der Waals surface area contributed by atoms with Crippen LogP contribution in [-0.4, -0.2) is 20.4 Å². The Balaban J connectivity index is 1.41. The van der Waals surface area contributed by atoms with Crippen LogP contribution in [0.25, 0.3) is 0 Å². The van der Waals surface area contributed by atoms with Crippen LogP contribution in [0, 0.1) is 5.82 Å². The van der Waals surface area contributed by atoms with E-state index >= 15 is 0 Å². The van der Waals surface area contributed by atoms with Gasteiger partial charge in [0.1, 0.15) is 11.6 Å². The van der Waals surface area contributed by atoms with Gasteiger partial charge in [0, 0.05) is 12.5 Å². The average molecular weight is 393 g/mol. The summed E-state index contributed by atoms with van der Waals surface area (Å²) in [6.07, 6.45) is 0.891. The van der Waals surface area contributed by atoms with Crippen LogP contribution in [0.3, 0.4) is 0 Å². The molecule has 1 atom stereocenters. The molecule has 0 fully saturated rings. The van der Waals surface area contributed by atoms with Crippen LogP contribution < -0.4 is 19.5 Å².